The molecule has 0 bridgehead atoms. The SMILES string of the molecule is CCCCOC(=O)c1ccc(NC(=O)CC2C(=O)Nc3c(-c4ccc(F)cc4)c(CC)nn32)cc1. The van der Waals surface area contributed by atoms with Gasteiger partial charge in [-0.1, -0.05) is 32.4 Å². The number of nitrogens with zero attached hydrogens (tertiary/aromatic N) is 2. The van der Waals surface area contributed by atoms with Crippen LogP contribution in [0.5, 0.6) is 0 Å². The highest BCUT2D eigenvalue weighted by molar-refractivity contribution is 6.04. The molecule has 2 heterocycles. The average molecular weight is 479 g/mol. The second kappa shape index (κ2) is 10.5. The number of fused-ring (bicyclic) bond motifs is 1. The zero-order valence-corrected chi connectivity index (χ0v) is 19.6. The summed E-state index contributed by atoms with van der Waals surface area (Å²) >= 11 is 0. The van der Waals surface area contributed by atoms with Crippen molar-refractivity contribution in [2.24, 2.45) is 0 Å². The number of amides is 2. The fourth-order valence-corrected chi connectivity index (χ4v) is 3.95. The van der Waals surface area contributed by atoms with Gasteiger partial charge in [-0.2, -0.15) is 5.10 Å². The predicted octanol–water partition coefficient (Wildman–Crippen LogP) is 4.73. The molecule has 9 heteroatoms. The Morgan fingerprint density at radius 2 is 1.83 bits per heavy atom. The summed E-state index contributed by atoms with van der Waals surface area (Å²) in [6.45, 7) is 4.33. The fraction of sp³-hybridized carbons (Fsp3) is 0.308. The third-order valence-electron chi connectivity index (χ3n) is 5.80. The zero-order chi connectivity index (χ0) is 24.9. The van der Waals surface area contributed by atoms with Crippen molar-refractivity contribution < 1.29 is 23.5 Å². The van der Waals surface area contributed by atoms with Crippen LogP contribution in [0.1, 0.15) is 55.2 Å². The van der Waals surface area contributed by atoms with Gasteiger partial charge < -0.3 is 15.4 Å². The van der Waals surface area contributed by atoms with E-state index in [1.807, 2.05) is 13.8 Å². The number of hydrogen-bond donors (Lipinski definition) is 2. The van der Waals surface area contributed by atoms with Gasteiger partial charge >= 0.3 is 5.97 Å². The molecule has 8 nitrogen and oxygen atoms in total. The molecule has 0 spiro atoms. The Balaban J connectivity index is 1.45. The number of rotatable bonds is 9. The molecule has 4 rings (SSSR count). The average Bonchev–Trinajstić information content (AvgIpc) is 3.35. The second-order valence-electron chi connectivity index (χ2n) is 8.30. The Bertz CT molecular complexity index is 1240. The molecule has 3 aromatic rings. The van der Waals surface area contributed by atoms with Crippen LogP contribution in [0, 0.1) is 5.82 Å². The van der Waals surface area contributed by atoms with Crippen LogP contribution in [0.4, 0.5) is 15.9 Å². The van der Waals surface area contributed by atoms with E-state index >= 15 is 0 Å². The van der Waals surface area contributed by atoms with Crippen molar-refractivity contribution in [1.29, 1.82) is 0 Å². The lowest BCUT2D eigenvalue weighted by Crippen LogP contribution is -2.24. The van der Waals surface area contributed by atoms with E-state index in [9.17, 15) is 18.8 Å². The largest absolute Gasteiger partial charge is 0.462 e. The highest BCUT2D eigenvalue weighted by Crippen LogP contribution is 2.38. The summed E-state index contributed by atoms with van der Waals surface area (Å²) in [7, 11) is 0. The van der Waals surface area contributed by atoms with E-state index in [1.54, 1.807) is 36.4 Å². The number of ether oxygens (including phenoxy) is 1. The molecule has 2 N–H and O–H groups in total. The predicted molar refractivity (Wildman–Crippen MR) is 130 cm³/mol. The molecular formula is C26H27FN4O4. The van der Waals surface area contributed by atoms with Crippen molar-refractivity contribution in [2.75, 3.05) is 17.2 Å². The lowest BCUT2D eigenvalue weighted by Gasteiger charge is -2.11. The van der Waals surface area contributed by atoms with E-state index in [2.05, 4.69) is 15.7 Å². The monoisotopic (exact) mass is 478 g/mol. The highest BCUT2D eigenvalue weighted by atomic mass is 19.1. The number of anilines is 2. The number of hydrogen-bond acceptors (Lipinski definition) is 5. The Kier molecular flexibility index (Phi) is 7.24. The van der Waals surface area contributed by atoms with Crippen LogP contribution in [0.25, 0.3) is 11.1 Å². The molecule has 0 aliphatic carbocycles. The maximum absolute atomic E-state index is 13.4. The Morgan fingerprint density at radius 1 is 1.11 bits per heavy atom. The highest BCUT2D eigenvalue weighted by Gasteiger charge is 2.36. The molecule has 1 aromatic heterocycles. The standard InChI is InChI=1S/C26H27FN4O4/c1-3-5-14-35-26(34)17-8-12-19(13-9-17)28-22(32)15-21-25(33)29-24-23(20(4-2)30-31(21)24)16-6-10-18(27)11-7-16/h6-13,21H,3-5,14-15H2,1-2H3,(H,28,32)(H,29,33). The van der Waals surface area contributed by atoms with Gasteiger partial charge in [0.1, 0.15) is 17.7 Å². The number of aryl methyl sites for hydroxylation is 1. The van der Waals surface area contributed by atoms with E-state index in [0.717, 1.165) is 29.7 Å². The number of esters is 1. The molecule has 2 aromatic carbocycles. The third kappa shape index (κ3) is 5.24. The van der Waals surface area contributed by atoms with Gasteiger partial charge in [0.2, 0.25) is 5.91 Å². The minimum Gasteiger partial charge on any atom is -0.462 e. The summed E-state index contributed by atoms with van der Waals surface area (Å²) in [4.78, 5) is 37.4. The summed E-state index contributed by atoms with van der Waals surface area (Å²) in [5.41, 5.74) is 3.11. The first-order chi connectivity index (χ1) is 16.9. The van der Waals surface area contributed by atoms with Gasteiger partial charge in [0.05, 0.1) is 24.3 Å². The number of carbonyl (C=O) groups excluding carboxylic acids is 3. The summed E-state index contributed by atoms with van der Waals surface area (Å²) in [5, 5.41) is 10.2. The van der Waals surface area contributed by atoms with Crippen molar-refractivity contribution in [2.45, 2.75) is 45.6 Å². The summed E-state index contributed by atoms with van der Waals surface area (Å²) < 4.78 is 20.1. The lowest BCUT2D eigenvalue weighted by molar-refractivity contribution is -0.123. The van der Waals surface area contributed by atoms with Gasteiger partial charge in [-0.05, 0) is 54.8 Å². The smallest absolute Gasteiger partial charge is 0.338 e. The molecule has 1 aliphatic rings. The van der Waals surface area contributed by atoms with Crippen LogP contribution in [0.2, 0.25) is 0 Å². The molecule has 1 unspecified atom stereocenters. The van der Waals surface area contributed by atoms with Crippen LogP contribution in [0.15, 0.2) is 48.5 Å². The molecule has 1 atom stereocenters. The Morgan fingerprint density at radius 3 is 2.49 bits per heavy atom. The van der Waals surface area contributed by atoms with Gasteiger partial charge in [-0.3, -0.25) is 9.59 Å². The summed E-state index contributed by atoms with van der Waals surface area (Å²) in [6.07, 6.45) is 2.23. The normalized spacial score (nSPS) is 14.4. The van der Waals surface area contributed by atoms with Gasteiger partial charge in [-0.25, -0.2) is 13.9 Å². The molecule has 0 saturated heterocycles. The van der Waals surface area contributed by atoms with Gasteiger partial charge in [-0.15, -0.1) is 0 Å². The van der Waals surface area contributed by atoms with Crippen LogP contribution >= 0.6 is 0 Å². The minimum absolute atomic E-state index is 0.118. The number of carbonyl (C=O) groups is 3. The topological polar surface area (TPSA) is 102 Å². The summed E-state index contributed by atoms with van der Waals surface area (Å²) in [5.74, 6) is -0.960. The lowest BCUT2D eigenvalue weighted by atomic mass is 10.0. The van der Waals surface area contributed by atoms with Gasteiger partial charge in [0.15, 0.2) is 0 Å². The van der Waals surface area contributed by atoms with Crippen LogP contribution < -0.4 is 10.6 Å². The van der Waals surface area contributed by atoms with Crippen molar-refractivity contribution >= 4 is 29.3 Å². The number of unbranched alkanes of at least 4 members (excludes halogenated alkanes) is 1. The van der Waals surface area contributed by atoms with E-state index < -0.39 is 12.0 Å². The maximum atomic E-state index is 13.4. The molecule has 2 amide bonds. The first-order valence-electron chi connectivity index (χ1n) is 11.7. The van der Waals surface area contributed by atoms with E-state index in [4.69, 9.17) is 4.74 Å². The molecule has 35 heavy (non-hydrogen) atoms. The van der Waals surface area contributed by atoms with Crippen LogP contribution in [0.3, 0.4) is 0 Å². The Labute approximate surface area is 202 Å². The number of benzene rings is 2. The van der Waals surface area contributed by atoms with E-state index in [-0.39, 0.29) is 24.1 Å². The van der Waals surface area contributed by atoms with Crippen molar-refractivity contribution in [3.05, 3.63) is 65.6 Å². The molecule has 0 saturated carbocycles. The first kappa shape index (κ1) is 24.1. The quantitative estimate of drug-likeness (QED) is 0.342. The number of halogens is 1. The molecule has 0 radical (unpaired) electrons. The van der Waals surface area contributed by atoms with Gasteiger partial charge in [0.25, 0.3) is 5.91 Å². The summed E-state index contributed by atoms with van der Waals surface area (Å²) in [6, 6.07) is 11.6. The van der Waals surface area contributed by atoms with E-state index in [1.165, 1.54) is 16.8 Å². The van der Waals surface area contributed by atoms with Crippen LogP contribution in [-0.4, -0.2) is 34.2 Å². The molecular weight excluding hydrogens is 451 g/mol. The zero-order valence-electron chi connectivity index (χ0n) is 19.6. The number of aromatic nitrogens is 2. The number of nitrogens with one attached hydrogen (secondary N) is 2. The van der Waals surface area contributed by atoms with E-state index in [0.29, 0.717) is 30.1 Å². The molecule has 0 fully saturated rings. The van der Waals surface area contributed by atoms with Gasteiger partial charge in [0, 0.05) is 11.3 Å². The van der Waals surface area contributed by atoms with Crippen molar-refractivity contribution in [3.63, 3.8) is 0 Å². The third-order valence-corrected chi connectivity index (χ3v) is 5.80. The first-order valence-corrected chi connectivity index (χ1v) is 11.7. The van der Waals surface area contributed by atoms with Crippen molar-refractivity contribution in [1.82, 2.24) is 9.78 Å². The van der Waals surface area contributed by atoms with Crippen molar-refractivity contribution in [3.8, 4) is 11.1 Å². The second-order valence-corrected chi connectivity index (χ2v) is 8.30. The fourth-order valence-electron chi connectivity index (χ4n) is 3.95. The molecule has 182 valence electrons. The maximum Gasteiger partial charge on any atom is 0.338 e. The minimum atomic E-state index is -0.808. The molecule has 1 aliphatic heterocycles. The Hall–Kier alpha value is -4.01. The van der Waals surface area contributed by atoms with Crippen LogP contribution in [-0.2, 0) is 20.7 Å².